The van der Waals surface area contributed by atoms with Gasteiger partial charge in [-0.2, -0.15) is 11.8 Å². The van der Waals surface area contributed by atoms with Gasteiger partial charge in [0.1, 0.15) is 0 Å². The largest absolute Gasteiger partial charge is 0.289 e. The summed E-state index contributed by atoms with van der Waals surface area (Å²) >= 11 is 3.22. The fraction of sp³-hybridized carbons (Fsp3) is 0.154. The number of carbonyl (C=O) groups is 1. The minimum absolute atomic E-state index is 0.208. The van der Waals surface area contributed by atoms with Gasteiger partial charge in [-0.25, -0.2) is 5.84 Å². The maximum atomic E-state index is 11.5. The Bertz CT molecular complexity index is 511. The molecule has 1 aromatic heterocycles. The molecule has 3 N–H and O–H groups in total. The third-order valence-electron chi connectivity index (χ3n) is 2.45. The molecule has 1 heterocycles. The number of carbonyl (C=O) groups excluding carboxylic acids is 1. The van der Waals surface area contributed by atoms with E-state index in [-0.39, 0.29) is 5.91 Å². The SMILES string of the molecule is NNC(=O)c1sccc1CSCc1ccccc1. The Morgan fingerprint density at radius 3 is 2.72 bits per heavy atom. The van der Waals surface area contributed by atoms with Gasteiger partial charge in [-0.05, 0) is 22.6 Å². The molecular weight excluding hydrogens is 264 g/mol. The van der Waals surface area contributed by atoms with Crippen molar-refractivity contribution in [2.75, 3.05) is 0 Å². The number of nitrogen functional groups attached to an aromatic ring is 1. The van der Waals surface area contributed by atoms with E-state index in [0.29, 0.717) is 4.88 Å². The fourth-order valence-electron chi connectivity index (χ4n) is 1.57. The van der Waals surface area contributed by atoms with Crippen LogP contribution in [0.2, 0.25) is 0 Å². The Labute approximate surface area is 114 Å². The molecule has 0 saturated carbocycles. The molecule has 0 unspecified atom stereocenters. The van der Waals surface area contributed by atoms with Crippen molar-refractivity contribution in [2.24, 2.45) is 5.84 Å². The zero-order valence-corrected chi connectivity index (χ0v) is 11.4. The smallest absolute Gasteiger partial charge is 0.275 e. The van der Waals surface area contributed by atoms with Crippen molar-refractivity contribution in [3.63, 3.8) is 0 Å². The molecule has 0 spiro atoms. The molecule has 3 nitrogen and oxygen atoms in total. The van der Waals surface area contributed by atoms with Crippen molar-refractivity contribution in [1.29, 1.82) is 0 Å². The number of nitrogens with two attached hydrogens (primary N) is 1. The summed E-state index contributed by atoms with van der Waals surface area (Å²) in [5, 5.41) is 1.92. The minimum Gasteiger partial charge on any atom is -0.289 e. The van der Waals surface area contributed by atoms with Crippen LogP contribution < -0.4 is 11.3 Å². The zero-order chi connectivity index (χ0) is 12.8. The zero-order valence-electron chi connectivity index (χ0n) is 9.76. The molecular formula is C13H14N2OS2. The number of amides is 1. The molecule has 0 bridgehead atoms. The van der Waals surface area contributed by atoms with E-state index >= 15 is 0 Å². The third-order valence-corrected chi connectivity index (χ3v) is 4.46. The molecule has 94 valence electrons. The molecule has 0 fully saturated rings. The van der Waals surface area contributed by atoms with Crippen LogP contribution in [0.4, 0.5) is 0 Å². The summed E-state index contributed by atoms with van der Waals surface area (Å²) in [6.07, 6.45) is 0. The highest BCUT2D eigenvalue weighted by atomic mass is 32.2. The molecule has 0 aliphatic rings. The van der Waals surface area contributed by atoms with Crippen molar-refractivity contribution in [3.05, 3.63) is 57.8 Å². The number of hydrogen-bond acceptors (Lipinski definition) is 4. The summed E-state index contributed by atoms with van der Waals surface area (Å²) in [6, 6.07) is 12.3. The maximum Gasteiger partial charge on any atom is 0.275 e. The predicted octanol–water partition coefficient (Wildman–Crippen LogP) is 2.79. The highest BCUT2D eigenvalue weighted by Gasteiger charge is 2.11. The molecule has 1 aromatic carbocycles. The number of rotatable bonds is 5. The van der Waals surface area contributed by atoms with E-state index in [1.54, 1.807) is 11.8 Å². The summed E-state index contributed by atoms with van der Waals surface area (Å²) in [4.78, 5) is 12.2. The van der Waals surface area contributed by atoms with Gasteiger partial charge in [0.25, 0.3) is 5.91 Å². The van der Waals surface area contributed by atoms with E-state index in [1.165, 1.54) is 16.9 Å². The van der Waals surface area contributed by atoms with Gasteiger partial charge in [0.05, 0.1) is 4.88 Å². The van der Waals surface area contributed by atoms with E-state index in [4.69, 9.17) is 5.84 Å². The van der Waals surface area contributed by atoms with Gasteiger partial charge in [0, 0.05) is 11.5 Å². The number of benzene rings is 1. The standard InChI is InChI=1S/C13H14N2OS2/c14-15-13(16)12-11(6-7-18-12)9-17-8-10-4-2-1-3-5-10/h1-7H,8-9,14H2,(H,15,16). The average Bonchev–Trinajstić information content (AvgIpc) is 2.87. The summed E-state index contributed by atoms with van der Waals surface area (Å²) in [5.41, 5.74) is 4.52. The van der Waals surface area contributed by atoms with Crippen LogP contribution in [0.15, 0.2) is 41.8 Å². The Kier molecular flexibility index (Phi) is 4.81. The predicted molar refractivity (Wildman–Crippen MR) is 77.4 cm³/mol. The number of hydrogen-bond donors (Lipinski definition) is 2. The van der Waals surface area contributed by atoms with E-state index < -0.39 is 0 Å². The van der Waals surface area contributed by atoms with Crippen molar-refractivity contribution in [2.45, 2.75) is 11.5 Å². The van der Waals surface area contributed by atoms with Crippen LogP contribution in [0.25, 0.3) is 0 Å². The van der Waals surface area contributed by atoms with E-state index in [1.807, 2.05) is 29.6 Å². The third kappa shape index (κ3) is 3.35. The summed E-state index contributed by atoms with van der Waals surface area (Å²) < 4.78 is 0. The van der Waals surface area contributed by atoms with E-state index in [0.717, 1.165) is 17.1 Å². The van der Waals surface area contributed by atoms with Gasteiger partial charge < -0.3 is 0 Å². The first-order chi connectivity index (χ1) is 8.81. The number of nitrogens with one attached hydrogen (secondary N) is 1. The van der Waals surface area contributed by atoms with Crippen LogP contribution >= 0.6 is 23.1 Å². The normalized spacial score (nSPS) is 10.3. The van der Waals surface area contributed by atoms with Gasteiger partial charge >= 0.3 is 0 Å². The van der Waals surface area contributed by atoms with Gasteiger partial charge in [0.15, 0.2) is 0 Å². The summed E-state index contributed by atoms with van der Waals surface area (Å²) in [7, 11) is 0. The van der Waals surface area contributed by atoms with Crippen LogP contribution in [0.3, 0.4) is 0 Å². The lowest BCUT2D eigenvalue weighted by molar-refractivity contribution is 0.0957. The lowest BCUT2D eigenvalue weighted by Crippen LogP contribution is -2.29. The Morgan fingerprint density at radius 1 is 1.22 bits per heavy atom. The summed E-state index contributed by atoms with van der Waals surface area (Å²) in [6.45, 7) is 0. The van der Waals surface area contributed by atoms with Gasteiger partial charge in [-0.3, -0.25) is 10.2 Å². The quantitative estimate of drug-likeness (QED) is 0.502. The molecule has 1 amide bonds. The second kappa shape index (κ2) is 6.58. The van der Waals surface area contributed by atoms with Crippen LogP contribution in [-0.2, 0) is 11.5 Å². The van der Waals surface area contributed by atoms with Crippen LogP contribution in [0.1, 0.15) is 20.8 Å². The number of hydrazine groups is 1. The van der Waals surface area contributed by atoms with E-state index in [2.05, 4.69) is 17.6 Å². The summed E-state index contributed by atoms with van der Waals surface area (Å²) in [5.74, 6) is 6.71. The van der Waals surface area contributed by atoms with Crippen molar-refractivity contribution < 1.29 is 4.79 Å². The molecule has 18 heavy (non-hydrogen) atoms. The van der Waals surface area contributed by atoms with Crippen molar-refractivity contribution in [3.8, 4) is 0 Å². The molecule has 2 aromatic rings. The first kappa shape index (κ1) is 13.1. The second-order valence-electron chi connectivity index (χ2n) is 3.73. The monoisotopic (exact) mass is 278 g/mol. The highest BCUT2D eigenvalue weighted by Crippen LogP contribution is 2.23. The molecule has 0 aliphatic heterocycles. The lowest BCUT2D eigenvalue weighted by Gasteiger charge is -2.03. The molecule has 2 rings (SSSR count). The molecule has 5 heteroatoms. The lowest BCUT2D eigenvalue weighted by atomic mass is 10.2. The minimum atomic E-state index is -0.208. The molecule has 0 radical (unpaired) electrons. The number of thiophene rings is 1. The van der Waals surface area contributed by atoms with Gasteiger partial charge in [-0.15, -0.1) is 11.3 Å². The molecule has 0 aliphatic carbocycles. The Hall–Kier alpha value is -1.30. The molecule has 0 saturated heterocycles. The Balaban J connectivity index is 1.91. The molecule has 0 atom stereocenters. The first-order valence-electron chi connectivity index (χ1n) is 5.50. The van der Waals surface area contributed by atoms with Gasteiger partial charge in [-0.1, -0.05) is 30.3 Å². The Morgan fingerprint density at radius 2 is 2.00 bits per heavy atom. The van der Waals surface area contributed by atoms with Gasteiger partial charge in [0.2, 0.25) is 0 Å². The van der Waals surface area contributed by atoms with E-state index in [9.17, 15) is 4.79 Å². The van der Waals surface area contributed by atoms with Crippen LogP contribution in [0, 0.1) is 0 Å². The fourth-order valence-corrected chi connectivity index (χ4v) is 3.48. The van der Waals surface area contributed by atoms with Crippen LogP contribution in [-0.4, -0.2) is 5.91 Å². The van der Waals surface area contributed by atoms with Crippen molar-refractivity contribution in [1.82, 2.24) is 5.43 Å². The topological polar surface area (TPSA) is 55.1 Å². The van der Waals surface area contributed by atoms with Crippen molar-refractivity contribution >= 4 is 29.0 Å². The average molecular weight is 278 g/mol. The number of thioether (sulfide) groups is 1. The second-order valence-corrected chi connectivity index (χ2v) is 5.63. The maximum absolute atomic E-state index is 11.5. The highest BCUT2D eigenvalue weighted by molar-refractivity contribution is 7.97. The van der Waals surface area contributed by atoms with Crippen LogP contribution in [0.5, 0.6) is 0 Å². The first-order valence-corrected chi connectivity index (χ1v) is 7.53.